The maximum atomic E-state index is 12.3. The number of hydrogen-bond acceptors (Lipinski definition) is 8. The molecule has 3 aromatic carbocycles. The zero-order valence-electron chi connectivity index (χ0n) is 31.4. The van der Waals surface area contributed by atoms with Crippen LogP contribution in [0.1, 0.15) is 52.0 Å². The van der Waals surface area contributed by atoms with Gasteiger partial charge in [-0.25, -0.2) is 0 Å². The van der Waals surface area contributed by atoms with E-state index in [0.29, 0.717) is 38.9 Å². The average molecular weight is 767 g/mol. The van der Waals surface area contributed by atoms with Crippen molar-refractivity contribution >= 4 is 39.3 Å². The first-order valence-electron chi connectivity index (χ1n) is 19.9. The molecule has 10 nitrogen and oxygen atoms in total. The third-order valence-corrected chi connectivity index (χ3v) is 13.2. The second-order valence-corrected chi connectivity index (χ2v) is 17.2. The van der Waals surface area contributed by atoms with E-state index in [1.807, 2.05) is 24.3 Å². The van der Waals surface area contributed by atoms with Gasteiger partial charge in [-0.05, 0) is 141 Å². The van der Waals surface area contributed by atoms with E-state index in [-0.39, 0.29) is 17.8 Å². The zero-order chi connectivity index (χ0) is 38.3. The first-order chi connectivity index (χ1) is 26.7. The largest absolute Gasteiger partial charge is 0.481 e. The molecule has 55 heavy (non-hydrogen) atoms. The Labute approximate surface area is 327 Å². The summed E-state index contributed by atoms with van der Waals surface area (Å²) in [6.45, 7) is 6.81. The van der Waals surface area contributed by atoms with Crippen LogP contribution in [0.5, 0.6) is 0 Å². The second kappa shape index (κ2) is 18.2. The van der Waals surface area contributed by atoms with E-state index >= 15 is 0 Å². The molecule has 6 atom stereocenters. The number of benzene rings is 3. The van der Waals surface area contributed by atoms with Gasteiger partial charge in [0.15, 0.2) is 0 Å². The molecule has 0 radical (unpaired) electrons. The number of carbonyl (C=O) groups is 3. The Kier molecular flexibility index (Phi) is 13.0. The van der Waals surface area contributed by atoms with Crippen molar-refractivity contribution in [2.45, 2.75) is 58.2 Å². The highest BCUT2D eigenvalue weighted by molar-refractivity contribution is 7.19. The standard InChI is InChI=1S/C44H54N4O6S/c49-42(50)38(34-9-12-45-22-34)17-28-3-1-5-31(15-28)25-48(26-32-6-2-4-29(16-32)18-39(43(51)52)35-10-13-46-23-35)27-37-21-33-8-7-30(20-41(33)55-37)19-40(44(53)54)36-11-14-47-24-36/h1-8,15-16,20-21,34-36,38-40,45-47H,9-14,17-19,22-27H2,(H,49,50)(H,51,52)(H,53,54). The Balaban J connectivity index is 1.12. The molecule has 6 N–H and O–H groups in total. The molecule has 4 heterocycles. The number of thiophene rings is 1. The van der Waals surface area contributed by atoms with Crippen LogP contribution in [0.3, 0.4) is 0 Å². The number of hydrogen-bond donors (Lipinski definition) is 6. The number of rotatable bonds is 18. The molecule has 0 saturated carbocycles. The molecule has 1 aromatic heterocycles. The minimum Gasteiger partial charge on any atom is -0.481 e. The van der Waals surface area contributed by atoms with Gasteiger partial charge in [0.1, 0.15) is 0 Å². The van der Waals surface area contributed by atoms with Crippen molar-refractivity contribution in [3.63, 3.8) is 0 Å². The average Bonchev–Trinajstić information content (AvgIpc) is 4.00. The molecule has 4 aromatic rings. The number of carboxylic acids is 3. The lowest BCUT2D eigenvalue weighted by atomic mass is 9.86. The monoisotopic (exact) mass is 766 g/mol. The number of fused-ring (bicyclic) bond motifs is 1. The smallest absolute Gasteiger partial charge is 0.307 e. The van der Waals surface area contributed by atoms with Crippen LogP contribution >= 0.6 is 11.3 Å². The van der Waals surface area contributed by atoms with E-state index < -0.39 is 35.7 Å². The molecule has 0 aliphatic carbocycles. The Bertz CT molecular complexity index is 1870. The first-order valence-corrected chi connectivity index (χ1v) is 20.7. The van der Waals surface area contributed by atoms with Gasteiger partial charge < -0.3 is 31.3 Å². The van der Waals surface area contributed by atoms with E-state index in [9.17, 15) is 29.7 Å². The minimum atomic E-state index is -0.739. The summed E-state index contributed by atoms with van der Waals surface area (Å²) in [5.41, 5.74) is 5.34. The number of nitrogens with one attached hydrogen (secondary N) is 3. The number of nitrogens with zero attached hydrogens (tertiary/aromatic N) is 1. The van der Waals surface area contributed by atoms with Crippen LogP contribution in [0.4, 0.5) is 0 Å². The predicted octanol–water partition coefficient (Wildman–Crippen LogP) is 5.66. The Hall–Kier alpha value is -4.13. The molecule has 7 rings (SSSR count). The van der Waals surface area contributed by atoms with Crippen LogP contribution < -0.4 is 16.0 Å². The fraction of sp³-hybridized carbons (Fsp3) is 0.477. The van der Waals surface area contributed by atoms with E-state index in [1.54, 1.807) is 11.3 Å². The molecular weight excluding hydrogens is 713 g/mol. The molecule has 3 aliphatic rings. The summed E-state index contributed by atoms with van der Waals surface area (Å²) in [5, 5.41) is 41.3. The van der Waals surface area contributed by atoms with Gasteiger partial charge in [0.25, 0.3) is 0 Å². The second-order valence-electron chi connectivity index (χ2n) is 16.1. The van der Waals surface area contributed by atoms with E-state index in [0.717, 1.165) is 96.4 Å². The molecule has 0 bridgehead atoms. The molecule has 292 valence electrons. The quantitative estimate of drug-likeness (QED) is 0.0749. The van der Waals surface area contributed by atoms with Gasteiger partial charge >= 0.3 is 17.9 Å². The van der Waals surface area contributed by atoms with Crippen molar-refractivity contribution in [1.82, 2.24) is 20.9 Å². The van der Waals surface area contributed by atoms with Crippen molar-refractivity contribution in [3.05, 3.63) is 105 Å². The van der Waals surface area contributed by atoms with Crippen molar-refractivity contribution in [2.24, 2.45) is 35.5 Å². The summed E-state index contributed by atoms with van der Waals surface area (Å²) in [5.74, 6) is -3.08. The third-order valence-electron chi connectivity index (χ3n) is 12.1. The van der Waals surface area contributed by atoms with Gasteiger partial charge in [0.2, 0.25) is 0 Å². The Morgan fingerprint density at radius 1 is 0.582 bits per heavy atom. The van der Waals surface area contributed by atoms with Crippen molar-refractivity contribution in [3.8, 4) is 0 Å². The fourth-order valence-electron chi connectivity index (χ4n) is 9.14. The lowest BCUT2D eigenvalue weighted by Crippen LogP contribution is -2.27. The van der Waals surface area contributed by atoms with Crippen LogP contribution in [-0.4, -0.2) is 77.4 Å². The van der Waals surface area contributed by atoms with Crippen molar-refractivity contribution in [1.29, 1.82) is 0 Å². The number of aliphatic carboxylic acids is 3. The van der Waals surface area contributed by atoms with E-state index in [4.69, 9.17) is 0 Å². The summed E-state index contributed by atoms with van der Waals surface area (Å²) in [6, 6.07) is 25.3. The first kappa shape index (κ1) is 39.1. The summed E-state index contributed by atoms with van der Waals surface area (Å²) in [4.78, 5) is 40.4. The van der Waals surface area contributed by atoms with Crippen molar-refractivity contribution in [2.75, 3.05) is 39.3 Å². The fourth-order valence-corrected chi connectivity index (χ4v) is 10.3. The molecule has 0 spiro atoms. The molecule has 0 amide bonds. The summed E-state index contributed by atoms with van der Waals surface area (Å²) in [6.07, 6.45) is 4.16. The molecule has 3 saturated heterocycles. The molecule has 6 unspecified atom stereocenters. The van der Waals surface area contributed by atoms with Crippen LogP contribution in [-0.2, 0) is 53.3 Å². The lowest BCUT2D eigenvalue weighted by molar-refractivity contribution is -0.144. The molecule has 11 heteroatoms. The molecule has 3 fully saturated rings. The third kappa shape index (κ3) is 10.2. The van der Waals surface area contributed by atoms with E-state index in [2.05, 4.69) is 69.4 Å². The van der Waals surface area contributed by atoms with Gasteiger partial charge in [0.05, 0.1) is 17.8 Å². The highest BCUT2D eigenvalue weighted by Gasteiger charge is 2.33. The zero-order valence-corrected chi connectivity index (χ0v) is 32.2. The topological polar surface area (TPSA) is 151 Å². The summed E-state index contributed by atoms with van der Waals surface area (Å²) in [7, 11) is 0. The van der Waals surface area contributed by atoms with Crippen LogP contribution in [0.25, 0.3) is 10.1 Å². The Morgan fingerprint density at radius 3 is 1.44 bits per heavy atom. The maximum absolute atomic E-state index is 12.3. The highest BCUT2D eigenvalue weighted by atomic mass is 32.1. The molecular formula is C44H54N4O6S. The van der Waals surface area contributed by atoms with Crippen LogP contribution in [0.15, 0.2) is 72.8 Å². The normalized spacial score (nSPS) is 21.6. The lowest BCUT2D eigenvalue weighted by Gasteiger charge is -2.24. The van der Waals surface area contributed by atoms with Gasteiger partial charge in [-0.2, -0.15) is 0 Å². The number of carboxylic acid groups (broad SMARTS) is 3. The summed E-state index contributed by atoms with van der Waals surface area (Å²) < 4.78 is 1.15. The minimum absolute atomic E-state index is 0.124. The SMILES string of the molecule is O=C(O)C(Cc1cccc(CN(Cc2cccc(CC(C(=O)O)C3CCNC3)c2)Cc2cc3ccc(CC(C(=O)O)C4CCNC4)cc3s2)c1)C1CCNC1. The Morgan fingerprint density at radius 2 is 1.02 bits per heavy atom. The van der Waals surface area contributed by atoms with E-state index in [1.165, 1.54) is 4.88 Å². The predicted molar refractivity (Wildman–Crippen MR) is 215 cm³/mol. The van der Waals surface area contributed by atoms with Gasteiger partial charge in [-0.15, -0.1) is 11.3 Å². The van der Waals surface area contributed by atoms with Gasteiger partial charge in [-0.3, -0.25) is 19.3 Å². The van der Waals surface area contributed by atoms with Gasteiger partial charge in [0, 0.05) is 29.2 Å². The summed E-state index contributed by atoms with van der Waals surface area (Å²) >= 11 is 1.74. The van der Waals surface area contributed by atoms with Crippen molar-refractivity contribution < 1.29 is 29.7 Å². The maximum Gasteiger partial charge on any atom is 0.307 e. The van der Waals surface area contributed by atoms with Gasteiger partial charge in [-0.1, -0.05) is 60.7 Å². The highest BCUT2D eigenvalue weighted by Crippen LogP contribution is 2.32. The van der Waals surface area contributed by atoms with Crippen LogP contribution in [0.2, 0.25) is 0 Å². The molecule has 3 aliphatic heterocycles. The van der Waals surface area contributed by atoms with Crippen LogP contribution in [0, 0.1) is 35.5 Å².